The van der Waals surface area contributed by atoms with Gasteiger partial charge in [-0.1, -0.05) is 61.3 Å². The molecule has 1 amide bonds. The van der Waals surface area contributed by atoms with Crippen LogP contribution in [0, 0.1) is 0 Å². The van der Waals surface area contributed by atoms with Crippen molar-refractivity contribution < 1.29 is 9.53 Å². The number of para-hydroxylation sites is 1. The monoisotopic (exact) mass is 405 g/mol. The van der Waals surface area contributed by atoms with Gasteiger partial charge in [0.2, 0.25) is 5.91 Å². The van der Waals surface area contributed by atoms with Crippen LogP contribution >= 0.6 is 23.2 Å². The number of rotatable bonds is 6. The van der Waals surface area contributed by atoms with Gasteiger partial charge in [0.1, 0.15) is 11.4 Å². The van der Waals surface area contributed by atoms with Crippen molar-refractivity contribution in [2.24, 2.45) is 0 Å². The highest BCUT2D eigenvalue weighted by Gasteiger charge is 2.38. The summed E-state index contributed by atoms with van der Waals surface area (Å²) in [6, 6.07) is 13.3. The van der Waals surface area contributed by atoms with Crippen LogP contribution in [0.2, 0.25) is 10.0 Å². The summed E-state index contributed by atoms with van der Waals surface area (Å²) in [6.45, 7) is 4.28. The van der Waals surface area contributed by atoms with E-state index in [1.807, 2.05) is 30.3 Å². The van der Waals surface area contributed by atoms with Crippen LogP contribution in [0.3, 0.4) is 0 Å². The van der Waals surface area contributed by atoms with Crippen LogP contribution in [0.1, 0.15) is 56.7 Å². The fraction of sp³-hybridized carbons (Fsp3) is 0.409. The number of ether oxygens (including phenoxy) is 1. The van der Waals surface area contributed by atoms with E-state index in [2.05, 4.69) is 19.2 Å². The topological polar surface area (TPSA) is 38.3 Å². The number of fused-ring (bicyclic) bond motifs is 1. The molecule has 1 aliphatic rings. The lowest BCUT2D eigenvalue weighted by Crippen LogP contribution is -2.44. The molecule has 1 aliphatic heterocycles. The molecule has 0 aromatic heterocycles. The highest BCUT2D eigenvalue weighted by molar-refractivity contribution is 6.35. The molecule has 2 aromatic carbocycles. The normalized spacial score (nSPS) is 17.7. The van der Waals surface area contributed by atoms with Crippen LogP contribution in [0.5, 0.6) is 5.75 Å². The first-order valence-corrected chi connectivity index (χ1v) is 10.2. The van der Waals surface area contributed by atoms with Crippen LogP contribution in [0.25, 0.3) is 0 Å². The maximum absolute atomic E-state index is 12.6. The van der Waals surface area contributed by atoms with Gasteiger partial charge in [-0.15, -0.1) is 0 Å². The Balaban J connectivity index is 1.70. The molecule has 1 atom stereocenters. The largest absolute Gasteiger partial charge is 0.487 e. The Morgan fingerprint density at radius 3 is 2.63 bits per heavy atom. The number of carbonyl (C=O) groups excluding carboxylic acids is 1. The Morgan fingerprint density at radius 2 is 1.93 bits per heavy atom. The third-order valence-electron chi connectivity index (χ3n) is 5.46. The molecule has 5 heteroatoms. The first-order valence-electron chi connectivity index (χ1n) is 9.47. The lowest BCUT2D eigenvalue weighted by atomic mass is 9.83. The van der Waals surface area contributed by atoms with E-state index < -0.39 is 0 Å². The quantitative estimate of drug-likeness (QED) is 0.627. The average molecular weight is 406 g/mol. The van der Waals surface area contributed by atoms with Crippen molar-refractivity contribution in [3.05, 3.63) is 63.6 Å². The Morgan fingerprint density at radius 1 is 1.19 bits per heavy atom. The minimum Gasteiger partial charge on any atom is -0.487 e. The van der Waals surface area contributed by atoms with Gasteiger partial charge in [0.05, 0.1) is 6.04 Å². The number of aryl methyl sites for hydroxylation is 1. The summed E-state index contributed by atoms with van der Waals surface area (Å²) in [6.07, 6.45) is 3.56. The second-order valence-corrected chi connectivity index (χ2v) is 7.93. The summed E-state index contributed by atoms with van der Waals surface area (Å²) in [4.78, 5) is 12.6. The number of hydrogen-bond acceptors (Lipinski definition) is 2. The zero-order valence-corrected chi connectivity index (χ0v) is 17.2. The molecular formula is C22H25Cl2NO2. The lowest BCUT2D eigenvalue weighted by molar-refractivity contribution is -0.122. The van der Waals surface area contributed by atoms with Gasteiger partial charge in [-0.05, 0) is 43.0 Å². The summed E-state index contributed by atoms with van der Waals surface area (Å²) in [5.74, 6) is 0.891. The van der Waals surface area contributed by atoms with Gasteiger partial charge in [-0.3, -0.25) is 4.79 Å². The SMILES string of the molecule is CCC1(CC)C[C@H](NC(=O)CCc2ccc(Cl)cc2Cl)c2ccccc2O1. The van der Waals surface area contributed by atoms with Crippen molar-refractivity contribution >= 4 is 29.1 Å². The number of benzene rings is 2. The number of halogens is 2. The molecule has 0 radical (unpaired) electrons. The van der Waals surface area contributed by atoms with Crippen LogP contribution in [0.4, 0.5) is 0 Å². The molecule has 27 heavy (non-hydrogen) atoms. The zero-order valence-electron chi connectivity index (χ0n) is 15.7. The van der Waals surface area contributed by atoms with E-state index in [0.717, 1.165) is 36.1 Å². The third kappa shape index (κ3) is 4.59. The molecule has 1 heterocycles. The Bertz CT molecular complexity index is 818. The molecule has 144 valence electrons. The highest BCUT2D eigenvalue weighted by atomic mass is 35.5. The van der Waals surface area contributed by atoms with E-state index in [0.29, 0.717) is 22.9 Å². The molecular weight excluding hydrogens is 381 g/mol. The van der Waals surface area contributed by atoms with E-state index in [4.69, 9.17) is 27.9 Å². The third-order valence-corrected chi connectivity index (χ3v) is 6.04. The van der Waals surface area contributed by atoms with Crippen molar-refractivity contribution in [1.29, 1.82) is 0 Å². The Labute approximate surface area is 171 Å². The van der Waals surface area contributed by atoms with E-state index in [1.165, 1.54) is 0 Å². The van der Waals surface area contributed by atoms with Crippen molar-refractivity contribution in [3.63, 3.8) is 0 Å². The van der Waals surface area contributed by atoms with Crippen LogP contribution in [-0.2, 0) is 11.2 Å². The Kier molecular flexibility index (Phi) is 6.33. The number of amides is 1. The predicted octanol–water partition coefficient (Wildman–Crippen LogP) is 6.12. The van der Waals surface area contributed by atoms with E-state index in [9.17, 15) is 4.79 Å². The molecule has 3 nitrogen and oxygen atoms in total. The van der Waals surface area contributed by atoms with E-state index in [-0.39, 0.29) is 17.6 Å². The van der Waals surface area contributed by atoms with Crippen LogP contribution < -0.4 is 10.1 Å². The molecule has 2 aromatic rings. The van der Waals surface area contributed by atoms with Gasteiger partial charge in [-0.25, -0.2) is 0 Å². The van der Waals surface area contributed by atoms with Crippen molar-refractivity contribution in [1.82, 2.24) is 5.32 Å². The van der Waals surface area contributed by atoms with Crippen molar-refractivity contribution in [2.45, 2.75) is 57.6 Å². The molecule has 0 aliphatic carbocycles. The summed E-state index contributed by atoms with van der Waals surface area (Å²) in [7, 11) is 0. The minimum absolute atomic E-state index is 0.0174. The van der Waals surface area contributed by atoms with E-state index >= 15 is 0 Å². The van der Waals surface area contributed by atoms with Gasteiger partial charge in [0.25, 0.3) is 0 Å². The highest BCUT2D eigenvalue weighted by Crippen LogP contribution is 2.42. The number of carbonyl (C=O) groups is 1. The minimum atomic E-state index is -0.230. The molecule has 1 N–H and O–H groups in total. The van der Waals surface area contributed by atoms with Gasteiger partial charge in [0, 0.05) is 28.5 Å². The second kappa shape index (κ2) is 8.53. The van der Waals surface area contributed by atoms with Crippen molar-refractivity contribution in [3.8, 4) is 5.75 Å². The lowest BCUT2D eigenvalue weighted by Gasteiger charge is -2.41. The standard InChI is InChI=1S/C22H25Cl2NO2/c1-3-22(4-2)14-19(17-7-5-6-8-20(17)27-22)25-21(26)12-10-15-9-11-16(23)13-18(15)24/h5-9,11,13,19H,3-4,10,12,14H2,1-2H3,(H,25,26)/t19-/m0/s1. The van der Waals surface area contributed by atoms with Gasteiger partial charge in [-0.2, -0.15) is 0 Å². The van der Waals surface area contributed by atoms with Gasteiger partial charge in [0.15, 0.2) is 0 Å². The summed E-state index contributed by atoms with van der Waals surface area (Å²) < 4.78 is 6.30. The molecule has 0 fully saturated rings. The number of nitrogens with one attached hydrogen (secondary N) is 1. The maximum Gasteiger partial charge on any atom is 0.220 e. The van der Waals surface area contributed by atoms with Crippen LogP contribution in [-0.4, -0.2) is 11.5 Å². The van der Waals surface area contributed by atoms with Gasteiger partial charge < -0.3 is 10.1 Å². The molecule has 0 saturated heterocycles. The molecule has 0 bridgehead atoms. The molecule has 0 saturated carbocycles. The smallest absolute Gasteiger partial charge is 0.220 e. The molecule has 0 spiro atoms. The second-order valence-electron chi connectivity index (χ2n) is 7.09. The zero-order chi connectivity index (χ0) is 19.4. The molecule has 0 unspecified atom stereocenters. The Hall–Kier alpha value is -1.71. The molecule has 3 rings (SSSR count). The maximum atomic E-state index is 12.6. The number of hydrogen-bond donors (Lipinski definition) is 1. The van der Waals surface area contributed by atoms with Crippen molar-refractivity contribution in [2.75, 3.05) is 0 Å². The first-order chi connectivity index (χ1) is 13.0. The summed E-state index contributed by atoms with van der Waals surface area (Å²) in [5.41, 5.74) is 1.75. The van der Waals surface area contributed by atoms with E-state index in [1.54, 1.807) is 12.1 Å². The fourth-order valence-corrected chi connectivity index (χ4v) is 4.17. The summed E-state index contributed by atoms with van der Waals surface area (Å²) >= 11 is 12.1. The average Bonchev–Trinajstić information content (AvgIpc) is 2.67. The predicted molar refractivity (Wildman–Crippen MR) is 111 cm³/mol. The summed E-state index contributed by atoms with van der Waals surface area (Å²) in [5, 5.41) is 4.41. The fourth-order valence-electron chi connectivity index (χ4n) is 3.67. The van der Waals surface area contributed by atoms with Crippen LogP contribution in [0.15, 0.2) is 42.5 Å². The first kappa shape index (κ1) is 20.0. The van der Waals surface area contributed by atoms with Gasteiger partial charge >= 0.3 is 0 Å².